The van der Waals surface area contributed by atoms with Gasteiger partial charge in [-0.1, -0.05) is 18.2 Å². The maximum atomic E-state index is 13.8. The van der Waals surface area contributed by atoms with Crippen LogP contribution < -0.4 is 21.5 Å². The number of ether oxygens (including phenoxy) is 1. The molecule has 2 fully saturated rings. The second-order valence-electron chi connectivity index (χ2n) is 9.90. The number of nitrogens with two attached hydrogens (primary N) is 1. The summed E-state index contributed by atoms with van der Waals surface area (Å²) < 4.78 is 8.89. The smallest absolute Gasteiger partial charge is 0.335 e. The highest BCUT2D eigenvalue weighted by Gasteiger charge is 2.35. The first-order valence-corrected chi connectivity index (χ1v) is 13.2. The molecule has 1 amide bonds. The minimum atomic E-state index is -0.343. The summed E-state index contributed by atoms with van der Waals surface area (Å²) in [6.07, 6.45) is 5.67. The van der Waals surface area contributed by atoms with E-state index in [1.165, 1.54) is 15.5 Å². The van der Waals surface area contributed by atoms with E-state index in [4.69, 9.17) is 10.5 Å². The number of fused-ring (bicyclic) bond motifs is 1. The SMILES string of the molecule is N#CC(=C[C@@H]1CCCN1)C(=O)N1CC[C@H]1Cn1c(=O)n(-c2ccc(Oc3ccccc3)cc2)c2c(N)ncnc21. The molecule has 2 atom stereocenters. The van der Waals surface area contributed by atoms with Crippen molar-refractivity contribution < 1.29 is 9.53 Å². The number of para-hydroxylation sites is 1. The highest BCUT2D eigenvalue weighted by atomic mass is 16.5. The molecule has 6 rings (SSSR count). The van der Waals surface area contributed by atoms with Crippen molar-refractivity contribution in [2.75, 3.05) is 18.8 Å². The topological polar surface area (TPSA) is 144 Å². The van der Waals surface area contributed by atoms with Gasteiger partial charge in [0.15, 0.2) is 11.5 Å². The fourth-order valence-electron chi connectivity index (χ4n) is 5.27. The van der Waals surface area contributed by atoms with Gasteiger partial charge in [-0.05, 0) is 68.3 Å². The molecule has 11 nitrogen and oxygen atoms in total. The van der Waals surface area contributed by atoms with E-state index in [1.807, 2.05) is 30.3 Å². The molecule has 0 bridgehead atoms. The Morgan fingerprint density at radius 2 is 1.90 bits per heavy atom. The van der Waals surface area contributed by atoms with Crippen LogP contribution in [0.15, 0.2) is 77.4 Å². The monoisotopic (exact) mass is 536 g/mol. The molecule has 0 spiro atoms. The molecule has 4 heterocycles. The zero-order valence-electron chi connectivity index (χ0n) is 21.7. The van der Waals surface area contributed by atoms with Crippen molar-refractivity contribution in [3.8, 4) is 23.3 Å². The van der Waals surface area contributed by atoms with Crippen molar-refractivity contribution >= 4 is 22.9 Å². The molecule has 2 saturated heterocycles. The highest BCUT2D eigenvalue weighted by molar-refractivity contribution is 5.98. The number of benzene rings is 2. The quantitative estimate of drug-likeness (QED) is 0.271. The number of likely N-dealkylation sites (tertiary alicyclic amines) is 1. The van der Waals surface area contributed by atoms with Crippen LogP contribution in [0.2, 0.25) is 0 Å². The summed E-state index contributed by atoms with van der Waals surface area (Å²) in [4.78, 5) is 37.1. The Labute approximate surface area is 230 Å². The number of aromatic nitrogens is 4. The summed E-state index contributed by atoms with van der Waals surface area (Å²) in [6, 6.07) is 18.4. The zero-order chi connectivity index (χ0) is 27.6. The molecule has 0 aliphatic carbocycles. The van der Waals surface area contributed by atoms with E-state index in [1.54, 1.807) is 35.2 Å². The van der Waals surface area contributed by atoms with Gasteiger partial charge in [-0.2, -0.15) is 5.26 Å². The lowest BCUT2D eigenvalue weighted by Crippen LogP contribution is -2.54. The summed E-state index contributed by atoms with van der Waals surface area (Å²) in [5.74, 6) is 1.18. The van der Waals surface area contributed by atoms with Gasteiger partial charge >= 0.3 is 5.69 Å². The fraction of sp³-hybridized carbons (Fsp3) is 0.276. The van der Waals surface area contributed by atoms with Crippen molar-refractivity contribution in [3.63, 3.8) is 0 Å². The normalized spacial score (nSPS) is 18.9. The van der Waals surface area contributed by atoms with Crippen LogP contribution in [-0.4, -0.2) is 55.1 Å². The Bertz CT molecular complexity index is 1680. The second-order valence-corrected chi connectivity index (χ2v) is 9.90. The highest BCUT2D eigenvalue weighted by Crippen LogP contribution is 2.27. The van der Waals surface area contributed by atoms with Gasteiger partial charge < -0.3 is 20.7 Å². The Kier molecular flexibility index (Phi) is 6.76. The van der Waals surface area contributed by atoms with Crippen LogP contribution in [0.5, 0.6) is 11.5 Å². The van der Waals surface area contributed by atoms with Gasteiger partial charge in [0.25, 0.3) is 5.91 Å². The lowest BCUT2D eigenvalue weighted by atomic mass is 10.0. The maximum Gasteiger partial charge on any atom is 0.335 e. The van der Waals surface area contributed by atoms with Crippen LogP contribution in [0.25, 0.3) is 16.9 Å². The largest absolute Gasteiger partial charge is 0.457 e. The third-order valence-electron chi connectivity index (χ3n) is 7.42. The average molecular weight is 537 g/mol. The number of amides is 1. The molecule has 0 radical (unpaired) electrons. The standard InChI is InChI=1S/C29H28N8O3/c30-16-19(15-20-5-4-13-32-20)28(38)35-14-12-22(35)17-36-27-25(26(31)33-18-34-27)37(29(36)39)21-8-10-24(11-9-21)40-23-6-2-1-3-7-23/h1-3,6-11,15,18,20,22,32H,4-5,12-14,17H2,(H2,31,33,34)/t20-,22-/m0/s1. The van der Waals surface area contributed by atoms with Gasteiger partial charge in [0.1, 0.15) is 35.0 Å². The van der Waals surface area contributed by atoms with E-state index < -0.39 is 0 Å². The van der Waals surface area contributed by atoms with Gasteiger partial charge in [-0.15, -0.1) is 0 Å². The maximum absolute atomic E-state index is 13.8. The molecule has 11 heteroatoms. The summed E-state index contributed by atoms with van der Waals surface area (Å²) in [6.45, 7) is 1.62. The lowest BCUT2D eigenvalue weighted by Gasteiger charge is -2.41. The van der Waals surface area contributed by atoms with Gasteiger partial charge in [0, 0.05) is 19.1 Å². The predicted molar refractivity (Wildman–Crippen MR) is 149 cm³/mol. The second kappa shape index (κ2) is 10.7. The van der Waals surface area contributed by atoms with Crippen LogP contribution in [0.1, 0.15) is 19.3 Å². The van der Waals surface area contributed by atoms with Crippen molar-refractivity contribution in [1.82, 2.24) is 29.3 Å². The first-order chi connectivity index (χ1) is 19.5. The first kappa shape index (κ1) is 25.3. The molecule has 4 aromatic rings. The number of imidazole rings is 1. The van der Waals surface area contributed by atoms with Crippen LogP contribution >= 0.6 is 0 Å². The number of nitrogen functional groups attached to an aromatic ring is 1. The third kappa shape index (κ3) is 4.69. The minimum absolute atomic E-state index is 0.0306. The van der Waals surface area contributed by atoms with Crippen molar-refractivity contribution in [2.45, 2.75) is 37.9 Å². The van der Waals surface area contributed by atoms with E-state index in [2.05, 4.69) is 21.4 Å². The average Bonchev–Trinajstić information content (AvgIpc) is 3.57. The summed E-state index contributed by atoms with van der Waals surface area (Å²) >= 11 is 0. The van der Waals surface area contributed by atoms with E-state index >= 15 is 0 Å². The first-order valence-electron chi connectivity index (χ1n) is 13.2. The number of hydrogen-bond acceptors (Lipinski definition) is 8. The number of anilines is 1. The van der Waals surface area contributed by atoms with E-state index in [0.29, 0.717) is 41.3 Å². The minimum Gasteiger partial charge on any atom is -0.457 e. The van der Waals surface area contributed by atoms with E-state index in [0.717, 1.165) is 19.4 Å². The predicted octanol–water partition coefficient (Wildman–Crippen LogP) is 2.76. The molecule has 2 aromatic carbocycles. The molecule has 0 saturated carbocycles. The van der Waals surface area contributed by atoms with Gasteiger partial charge in [-0.3, -0.25) is 13.9 Å². The van der Waals surface area contributed by atoms with E-state index in [9.17, 15) is 14.9 Å². The van der Waals surface area contributed by atoms with Crippen LogP contribution in [0, 0.1) is 11.3 Å². The Balaban J connectivity index is 1.29. The van der Waals surface area contributed by atoms with Gasteiger partial charge in [-0.25, -0.2) is 14.8 Å². The Hall–Kier alpha value is -4.95. The lowest BCUT2D eigenvalue weighted by molar-refractivity contribution is -0.134. The number of carbonyl (C=O) groups is 1. The molecule has 40 heavy (non-hydrogen) atoms. The molecular weight excluding hydrogens is 508 g/mol. The molecule has 2 aliphatic rings. The Morgan fingerprint density at radius 1 is 1.12 bits per heavy atom. The summed E-state index contributed by atoms with van der Waals surface area (Å²) in [5, 5.41) is 12.9. The number of nitrogens with one attached hydrogen (secondary N) is 1. The fourth-order valence-corrected chi connectivity index (χ4v) is 5.27. The molecule has 202 valence electrons. The van der Waals surface area contributed by atoms with Crippen LogP contribution in [0.3, 0.4) is 0 Å². The van der Waals surface area contributed by atoms with Crippen molar-refractivity contribution in [3.05, 3.63) is 83.1 Å². The molecular formula is C29H28N8O3. The number of rotatable bonds is 7. The summed E-state index contributed by atoms with van der Waals surface area (Å²) in [5.41, 5.74) is 7.38. The molecule has 0 unspecified atom stereocenters. The van der Waals surface area contributed by atoms with Crippen LogP contribution in [0.4, 0.5) is 5.82 Å². The molecule has 2 aliphatic heterocycles. The molecule has 2 aromatic heterocycles. The Morgan fingerprint density at radius 3 is 2.58 bits per heavy atom. The number of carbonyl (C=O) groups excluding carboxylic acids is 1. The van der Waals surface area contributed by atoms with E-state index in [-0.39, 0.29) is 41.6 Å². The van der Waals surface area contributed by atoms with Crippen molar-refractivity contribution in [2.24, 2.45) is 0 Å². The number of nitriles is 1. The number of hydrogen-bond donors (Lipinski definition) is 2. The third-order valence-corrected chi connectivity index (χ3v) is 7.42. The summed E-state index contributed by atoms with van der Waals surface area (Å²) in [7, 11) is 0. The zero-order valence-corrected chi connectivity index (χ0v) is 21.7. The van der Waals surface area contributed by atoms with Crippen LogP contribution in [-0.2, 0) is 11.3 Å². The molecule has 3 N–H and O–H groups in total. The van der Waals surface area contributed by atoms with Gasteiger partial charge in [0.05, 0.1) is 11.7 Å². The van der Waals surface area contributed by atoms with Gasteiger partial charge in [0.2, 0.25) is 0 Å². The van der Waals surface area contributed by atoms with Crippen molar-refractivity contribution in [1.29, 1.82) is 5.26 Å². The number of nitrogens with zero attached hydrogens (tertiary/aromatic N) is 6.